The highest BCUT2D eigenvalue weighted by molar-refractivity contribution is 5.29. The highest BCUT2D eigenvalue weighted by atomic mass is 15.3. The van der Waals surface area contributed by atoms with E-state index in [2.05, 4.69) is 33.6 Å². The van der Waals surface area contributed by atoms with Crippen molar-refractivity contribution in [3.63, 3.8) is 0 Å². The van der Waals surface area contributed by atoms with Crippen LogP contribution in [0.1, 0.15) is 20.3 Å². The van der Waals surface area contributed by atoms with Crippen LogP contribution in [0.15, 0.2) is 18.5 Å². The quantitative estimate of drug-likeness (QED) is 0.858. The minimum atomic E-state index is 0.513. The van der Waals surface area contributed by atoms with Gasteiger partial charge in [0.25, 0.3) is 0 Å². The molecule has 19 heavy (non-hydrogen) atoms. The molecule has 1 fully saturated rings. The molecule has 106 valence electrons. The van der Waals surface area contributed by atoms with Crippen LogP contribution < -0.4 is 10.6 Å². The summed E-state index contributed by atoms with van der Waals surface area (Å²) in [4.78, 5) is 13.4. The molecule has 1 aliphatic rings. The van der Waals surface area contributed by atoms with E-state index in [1.807, 2.05) is 6.07 Å². The lowest BCUT2D eigenvalue weighted by Gasteiger charge is -2.39. The molecule has 0 aliphatic carbocycles. The number of anilines is 1. The van der Waals surface area contributed by atoms with E-state index in [1.165, 1.54) is 6.42 Å². The largest absolute Gasteiger partial charge is 0.338 e. The molecule has 2 rings (SSSR count). The fourth-order valence-corrected chi connectivity index (χ4v) is 2.68. The molecule has 5 nitrogen and oxygen atoms in total. The number of hydrogen-bond donors (Lipinski definition) is 1. The van der Waals surface area contributed by atoms with Crippen molar-refractivity contribution in [3.8, 4) is 0 Å². The topological polar surface area (TPSA) is 58.3 Å². The molecule has 0 aromatic carbocycles. The number of aromatic nitrogens is 2. The molecular weight excluding hydrogens is 238 g/mol. The van der Waals surface area contributed by atoms with Crippen LogP contribution in [0.4, 0.5) is 5.95 Å². The van der Waals surface area contributed by atoms with Gasteiger partial charge in [-0.05, 0) is 18.4 Å². The van der Waals surface area contributed by atoms with Gasteiger partial charge in [-0.2, -0.15) is 0 Å². The first-order valence-electron chi connectivity index (χ1n) is 7.16. The van der Waals surface area contributed by atoms with Gasteiger partial charge in [0.1, 0.15) is 0 Å². The van der Waals surface area contributed by atoms with E-state index in [0.29, 0.717) is 12.0 Å². The van der Waals surface area contributed by atoms with Gasteiger partial charge in [-0.25, -0.2) is 9.97 Å². The van der Waals surface area contributed by atoms with Crippen molar-refractivity contribution in [2.24, 2.45) is 11.7 Å². The summed E-state index contributed by atoms with van der Waals surface area (Å²) in [5, 5.41) is 0. The number of nitrogens with two attached hydrogens (primary N) is 1. The second-order valence-corrected chi connectivity index (χ2v) is 5.59. The number of nitrogens with zero attached hydrogens (tertiary/aromatic N) is 4. The van der Waals surface area contributed by atoms with E-state index in [1.54, 1.807) is 12.4 Å². The Labute approximate surface area is 115 Å². The van der Waals surface area contributed by atoms with Crippen LogP contribution in [0, 0.1) is 5.92 Å². The van der Waals surface area contributed by atoms with Gasteiger partial charge in [-0.3, -0.25) is 4.90 Å². The maximum atomic E-state index is 5.92. The molecule has 0 radical (unpaired) electrons. The number of hydrogen-bond acceptors (Lipinski definition) is 5. The lowest BCUT2D eigenvalue weighted by molar-refractivity contribution is 0.167. The zero-order valence-electron chi connectivity index (χ0n) is 12.0. The monoisotopic (exact) mass is 263 g/mol. The predicted molar refractivity (Wildman–Crippen MR) is 78.1 cm³/mol. The van der Waals surface area contributed by atoms with Crippen LogP contribution in [0.2, 0.25) is 0 Å². The average molecular weight is 263 g/mol. The Morgan fingerprint density at radius 1 is 1.16 bits per heavy atom. The molecule has 1 aromatic rings. The zero-order valence-corrected chi connectivity index (χ0v) is 12.0. The van der Waals surface area contributed by atoms with Crippen molar-refractivity contribution in [1.29, 1.82) is 0 Å². The van der Waals surface area contributed by atoms with E-state index in [-0.39, 0.29) is 0 Å². The Morgan fingerprint density at radius 3 is 2.32 bits per heavy atom. The van der Waals surface area contributed by atoms with E-state index >= 15 is 0 Å². The Balaban J connectivity index is 1.88. The summed E-state index contributed by atoms with van der Waals surface area (Å²) in [6, 6.07) is 2.37. The second kappa shape index (κ2) is 6.82. The van der Waals surface area contributed by atoms with Crippen molar-refractivity contribution in [2.75, 3.05) is 37.6 Å². The SMILES string of the molecule is CC(C)CC(CN)N1CCN(c2ncccn2)CC1. The second-order valence-electron chi connectivity index (χ2n) is 5.59. The molecule has 1 aliphatic heterocycles. The van der Waals surface area contributed by atoms with Crippen molar-refractivity contribution < 1.29 is 0 Å². The normalized spacial score (nSPS) is 18.8. The molecule has 0 amide bonds. The fraction of sp³-hybridized carbons (Fsp3) is 0.714. The molecule has 1 saturated heterocycles. The first kappa shape index (κ1) is 14.2. The molecule has 1 unspecified atom stereocenters. The zero-order chi connectivity index (χ0) is 13.7. The summed E-state index contributed by atoms with van der Waals surface area (Å²) in [6.07, 6.45) is 4.78. The van der Waals surface area contributed by atoms with Crippen molar-refractivity contribution in [3.05, 3.63) is 18.5 Å². The maximum Gasteiger partial charge on any atom is 0.225 e. The Hall–Kier alpha value is -1.20. The van der Waals surface area contributed by atoms with Gasteiger partial charge in [-0.1, -0.05) is 13.8 Å². The van der Waals surface area contributed by atoms with Gasteiger partial charge in [-0.15, -0.1) is 0 Å². The maximum absolute atomic E-state index is 5.92. The van der Waals surface area contributed by atoms with Crippen LogP contribution in [0.25, 0.3) is 0 Å². The molecular formula is C14H25N5. The molecule has 0 saturated carbocycles. The van der Waals surface area contributed by atoms with Gasteiger partial charge in [0, 0.05) is 51.2 Å². The third-order valence-corrected chi connectivity index (χ3v) is 3.68. The van der Waals surface area contributed by atoms with Crippen molar-refractivity contribution >= 4 is 5.95 Å². The fourth-order valence-electron chi connectivity index (χ4n) is 2.68. The summed E-state index contributed by atoms with van der Waals surface area (Å²) in [5.74, 6) is 1.54. The standard InChI is InChI=1S/C14H25N5/c1-12(2)10-13(11-15)18-6-8-19(9-7-18)14-16-4-3-5-17-14/h3-5,12-13H,6-11,15H2,1-2H3. The summed E-state index contributed by atoms with van der Waals surface area (Å²) in [6.45, 7) is 9.34. The van der Waals surface area contributed by atoms with Gasteiger partial charge >= 0.3 is 0 Å². The first-order valence-corrected chi connectivity index (χ1v) is 7.16. The Bertz CT molecular complexity index is 359. The average Bonchev–Trinajstić information content (AvgIpc) is 2.46. The lowest BCUT2D eigenvalue weighted by atomic mass is 10.0. The Kier molecular flexibility index (Phi) is 5.10. The molecule has 0 spiro atoms. The van der Waals surface area contributed by atoms with Crippen molar-refractivity contribution in [1.82, 2.24) is 14.9 Å². The molecule has 5 heteroatoms. The summed E-state index contributed by atoms with van der Waals surface area (Å²) in [5.41, 5.74) is 5.92. The van der Waals surface area contributed by atoms with Gasteiger partial charge in [0.05, 0.1) is 0 Å². The van der Waals surface area contributed by atoms with Crippen LogP contribution in [-0.4, -0.2) is 53.6 Å². The van der Waals surface area contributed by atoms with Crippen LogP contribution in [-0.2, 0) is 0 Å². The molecule has 1 aromatic heterocycles. The number of piperazine rings is 1. The van der Waals surface area contributed by atoms with Crippen LogP contribution >= 0.6 is 0 Å². The highest BCUT2D eigenvalue weighted by Crippen LogP contribution is 2.15. The molecule has 1 atom stereocenters. The van der Waals surface area contributed by atoms with E-state index in [9.17, 15) is 0 Å². The van der Waals surface area contributed by atoms with Crippen molar-refractivity contribution in [2.45, 2.75) is 26.3 Å². The van der Waals surface area contributed by atoms with Crippen LogP contribution in [0.3, 0.4) is 0 Å². The van der Waals surface area contributed by atoms with Gasteiger partial charge in [0.2, 0.25) is 5.95 Å². The summed E-state index contributed by atoms with van der Waals surface area (Å²) < 4.78 is 0. The number of rotatable bonds is 5. The Morgan fingerprint density at radius 2 is 1.79 bits per heavy atom. The predicted octanol–water partition coefficient (Wildman–Crippen LogP) is 0.972. The van der Waals surface area contributed by atoms with Gasteiger partial charge in [0.15, 0.2) is 0 Å². The first-order chi connectivity index (χ1) is 9.20. The third-order valence-electron chi connectivity index (χ3n) is 3.68. The van der Waals surface area contributed by atoms with Crippen LogP contribution in [0.5, 0.6) is 0 Å². The smallest absolute Gasteiger partial charge is 0.225 e. The minimum absolute atomic E-state index is 0.513. The highest BCUT2D eigenvalue weighted by Gasteiger charge is 2.24. The van der Waals surface area contributed by atoms with Gasteiger partial charge < -0.3 is 10.6 Å². The van der Waals surface area contributed by atoms with E-state index < -0.39 is 0 Å². The molecule has 2 N–H and O–H groups in total. The molecule has 2 heterocycles. The van der Waals surface area contributed by atoms with E-state index in [0.717, 1.165) is 38.7 Å². The third kappa shape index (κ3) is 3.88. The molecule has 0 bridgehead atoms. The lowest BCUT2D eigenvalue weighted by Crippen LogP contribution is -2.53. The summed E-state index contributed by atoms with van der Waals surface area (Å²) >= 11 is 0. The summed E-state index contributed by atoms with van der Waals surface area (Å²) in [7, 11) is 0. The van der Waals surface area contributed by atoms with E-state index in [4.69, 9.17) is 5.73 Å². The minimum Gasteiger partial charge on any atom is -0.338 e.